The molecule has 0 aliphatic rings. The van der Waals surface area contributed by atoms with Gasteiger partial charge in [0.1, 0.15) is 20.2 Å². The van der Waals surface area contributed by atoms with Crippen molar-refractivity contribution in [3.05, 3.63) is 106 Å². The van der Waals surface area contributed by atoms with Gasteiger partial charge in [-0.15, -0.1) is 0 Å². The van der Waals surface area contributed by atoms with Gasteiger partial charge in [-0.2, -0.15) is 0 Å². The summed E-state index contributed by atoms with van der Waals surface area (Å²) in [4.78, 5) is -2.19. The number of sulfonamides is 2. The third-order valence-electron chi connectivity index (χ3n) is 5.73. The molecule has 4 aromatic carbocycles. The van der Waals surface area contributed by atoms with Crippen molar-refractivity contribution in [1.82, 2.24) is 0 Å². The first-order chi connectivity index (χ1) is 20.3. The molecular weight excluding hydrogens is 699 g/mol. The minimum Gasteiger partial charge on any atom is -0.744 e. The first kappa shape index (κ1) is 33.4. The zero-order valence-corrected chi connectivity index (χ0v) is 26.5. The quantitative estimate of drug-likeness (QED) is 0.173. The van der Waals surface area contributed by atoms with Crippen molar-refractivity contribution in [1.29, 1.82) is 0 Å². The summed E-state index contributed by atoms with van der Waals surface area (Å²) in [5.74, 6) is 0. The fourth-order valence-corrected chi connectivity index (χ4v) is 7.87. The number of rotatable bonds is 10. The van der Waals surface area contributed by atoms with Crippen LogP contribution in [-0.2, 0) is 40.3 Å². The average molecular weight is 718 g/mol. The van der Waals surface area contributed by atoms with Crippen molar-refractivity contribution in [2.45, 2.75) is 19.6 Å². The fourth-order valence-electron chi connectivity index (χ4n) is 3.78. The van der Waals surface area contributed by atoms with Gasteiger partial charge in [-0.05, 0) is 71.8 Å². The molecule has 4 rings (SSSR count). The van der Waals surface area contributed by atoms with Crippen LogP contribution in [0.2, 0.25) is 10.0 Å². The Bertz CT molecular complexity index is 2080. The van der Waals surface area contributed by atoms with E-state index in [1.165, 1.54) is 36.4 Å². The Morgan fingerprint density at radius 2 is 0.886 bits per heavy atom. The molecule has 0 aliphatic carbocycles. The molecule has 0 aliphatic heterocycles. The van der Waals surface area contributed by atoms with Gasteiger partial charge < -0.3 is 9.11 Å². The van der Waals surface area contributed by atoms with Crippen LogP contribution in [0.15, 0.2) is 105 Å². The van der Waals surface area contributed by atoms with Crippen LogP contribution in [0.3, 0.4) is 0 Å². The standard InChI is InChI=1S/C26H20Cl2N2O10S4/c27-19-3-1-5-23(13-19)41(31,32)29-21-11-9-17(25(15-21)43(35,36)37)7-8-18-10-12-22(16-26(18)44(38,39)40)30-42(33,34)24-6-2-4-20(28)14-24/h1-16,29-30H,(H,35,36,37)(H,38,39,40)/p-2/b8-7+. The van der Waals surface area contributed by atoms with E-state index in [9.17, 15) is 42.8 Å². The predicted molar refractivity (Wildman–Crippen MR) is 162 cm³/mol. The SMILES string of the molecule is O=S(=O)([O-])c1cc(NS(=O)(=O)c2cccc(Cl)c2)ccc1/C=C/c1ccc(NS(=O)(=O)c2cccc(Cl)c2)cc1S(=O)(=O)[O-]. The topological polar surface area (TPSA) is 207 Å². The summed E-state index contributed by atoms with van der Waals surface area (Å²) in [6.45, 7) is 0. The second kappa shape index (κ2) is 12.5. The lowest BCUT2D eigenvalue weighted by Crippen LogP contribution is -2.14. The molecule has 0 fully saturated rings. The molecule has 0 unspecified atom stereocenters. The molecule has 0 spiro atoms. The van der Waals surface area contributed by atoms with Crippen LogP contribution >= 0.6 is 23.2 Å². The van der Waals surface area contributed by atoms with Gasteiger partial charge in [0.25, 0.3) is 20.0 Å². The molecule has 0 heterocycles. The van der Waals surface area contributed by atoms with Gasteiger partial charge in [-0.3, -0.25) is 9.44 Å². The second-order valence-corrected chi connectivity index (χ2v) is 15.8. The Hall–Kier alpha value is -3.48. The molecule has 0 radical (unpaired) electrons. The Kier molecular flexibility index (Phi) is 9.48. The van der Waals surface area contributed by atoms with Crippen LogP contribution in [0.25, 0.3) is 12.2 Å². The number of nitrogens with one attached hydrogen (secondary N) is 2. The summed E-state index contributed by atoms with van der Waals surface area (Å²) >= 11 is 11.7. The Labute approximate surface area is 263 Å². The predicted octanol–water partition coefficient (Wildman–Crippen LogP) is 4.57. The Morgan fingerprint density at radius 3 is 1.20 bits per heavy atom. The highest BCUT2D eigenvalue weighted by atomic mass is 35.5. The van der Waals surface area contributed by atoms with Crippen molar-refractivity contribution >= 4 is 87.0 Å². The summed E-state index contributed by atoms with van der Waals surface area (Å²) < 4.78 is 127. The van der Waals surface area contributed by atoms with E-state index in [1.807, 2.05) is 0 Å². The number of anilines is 2. The zero-order chi connectivity index (χ0) is 32.5. The van der Waals surface area contributed by atoms with Gasteiger partial charge in [-0.25, -0.2) is 33.7 Å². The lowest BCUT2D eigenvalue weighted by molar-refractivity contribution is 0.460. The van der Waals surface area contributed by atoms with Crippen LogP contribution in [0.1, 0.15) is 11.1 Å². The van der Waals surface area contributed by atoms with Crippen LogP contribution in [0.5, 0.6) is 0 Å². The third kappa shape index (κ3) is 8.16. The summed E-state index contributed by atoms with van der Waals surface area (Å²) in [6.07, 6.45) is 2.03. The third-order valence-corrected chi connectivity index (χ3v) is 10.7. The van der Waals surface area contributed by atoms with Gasteiger partial charge in [0, 0.05) is 10.0 Å². The normalized spacial score (nSPS) is 12.7. The van der Waals surface area contributed by atoms with Crippen molar-refractivity contribution in [2.75, 3.05) is 9.44 Å². The first-order valence-electron chi connectivity index (χ1n) is 11.8. The lowest BCUT2D eigenvalue weighted by Gasteiger charge is -2.15. The molecule has 0 saturated carbocycles. The molecule has 0 amide bonds. The van der Waals surface area contributed by atoms with Gasteiger partial charge in [0.15, 0.2) is 0 Å². The number of hydrogen-bond acceptors (Lipinski definition) is 10. The highest BCUT2D eigenvalue weighted by Gasteiger charge is 2.18. The Morgan fingerprint density at radius 1 is 0.523 bits per heavy atom. The van der Waals surface area contributed by atoms with Gasteiger partial charge in [-0.1, -0.05) is 59.6 Å². The van der Waals surface area contributed by atoms with Crippen LogP contribution in [0, 0.1) is 0 Å². The summed E-state index contributed by atoms with van der Waals surface area (Å²) in [5, 5.41) is 0.254. The molecule has 0 atom stereocenters. The monoisotopic (exact) mass is 716 g/mol. The molecule has 18 heteroatoms. The minimum absolute atomic E-state index is 0.127. The number of benzene rings is 4. The smallest absolute Gasteiger partial charge is 0.261 e. The molecule has 0 saturated heterocycles. The Balaban J connectivity index is 1.69. The van der Waals surface area contributed by atoms with Crippen LogP contribution in [-0.4, -0.2) is 42.8 Å². The molecule has 12 nitrogen and oxygen atoms in total. The molecule has 44 heavy (non-hydrogen) atoms. The highest BCUT2D eigenvalue weighted by Crippen LogP contribution is 2.28. The minimum atomic E-state index is -5.21. The van der Waals surface area contributed by atoms with Gasteiger partial charge in [0.2, 0.25) is 0 Å². The second-order valence-electron chi connectivity index (χ2n) is 8.87. The first-order valence-corrected chi connectivity index (χ1v) is 18.3. The van der Waals surface area contributed by atoms with Gasteiger partial charge >= 0.3 is 0 Å². The fraction of sp³-hybridized carbons (Fsp3) is 0. The van der Waals surface area contributed by atoms with E-state index < -0.39 is 50.1 Å². The largest absolute Gasteiger partial charge is 0.744 e. The molecular formula is C26H18Cl2N2O10S4-2. The maximum Gasteiger partial charge on any atom is 0.261 e. The summed E-state index contributed by atoms with van der Waals surface area (Å²) in [5.41, 5.74) is -1.11. The van der Waals surface area contributed by atoms with E-state index in [-0.39, 0.29) is 42.3 Å². The van der Waals surface area contributed by atoms with E-state index in [4.69, 9.17) is 23.2 Å². The van der Waals surface area contributed by atoms with Crippen molar-refractivity contribution in [3.63, 3.8) is 0 Å². The molecule has 0 aromatic heterocycles. The van der Waals surface area contributed by atoms with E-state index in [1.54, 1.807) is 0 Å². The summed E-state index contributed by atoms with van der Waals surface area (Å²) in [6, 6.07) is 16.4. The van der Waals surface area contributed by atoms with E-state index in [0.717, 1.165) is 60.7 Å². The maximum absolute atomic E-state index is 12.7. The highest BCUT2D eigenvalue weighted by molar-refractivity contribution is 7.93. The van der Waals surface area contributed by atoms with Crippen LogP contribution in [0.4, 0.5) is 11.4 Å². The molecule has 2 N–H and O–H groups in total. The average Bonchev–Trinajstić information content (AvgIpc) is 2.91. The van der Waals surface area contributed by atoms with Crippen LogP contribution < -0.4 is 9.44 Å². The zero-order valence-electron chi connectivity index (χ0n) is 21.7. The molecule has 232 valence electrons. The number of halogens is 2. The maximum atomic E-state index is 12.7. The van der Waals surface area contributed by atoms with Crippen molar-refractivity contribution in [2.24, 2.45) is 0 Å². The van der Waals surface area contributed by atoms with Crippen molar-refractivity contribution in [3.8, 4) is 0 Å². The van der Waals surface area contributed by atoms with E-state index in [2.05, 4.69) is 9.44 Å². The summed E-state index contributed by atoms with van der Waals surface area (Å²) in [7, 11) is -18.9. The molecule has 0 bridgehead atoms. The number of hydrogen-bond donors (Lipinski definition) is 2. The molecule has 4 aromatic rings. The van der Waals surface area contributed by atoms with Gasteiger partial charge in [0.05, 0.1) is 31.0 Å². The van der Waals surface area contributed by atoms with E-state index >= 15 is 0 Å². The lowest BCUT2D eigenvalue weighted by atomic mass is 10.1. The van der Waals surface area contributed by atoms with E-state index in [0.29, 0.717) is 0 Å². The van der Waals surface area contributed by atoms with Crippen molar-refractivity contribution < 1.29 is 42.8 Å².